The first kappa shape index (κ1) is 29.6. The summed E-state index contributed by atoms with van der Waals surface area (Å²) in [7, 11) is 1.62. The zero-order chi connectivity index (χ0) is 24.6. The molecule has 33 heavy (non-hydrogen) atoms. The lowest BCUT2D eigenvalue weighted by molar-refractivity contribution is -0.121. The van der Waals surface area contributed by atoms with E-state index < -0.39 is 0 Å². The number of thiophene rings is 1. The number of carbonyl (C=O) groups excluding carboxylic acids is 1. The van der Waals surface area contributed by atoms with E-state index in [0.29, 0.717) is 13.0 Å². The average molecular weight is 492 g/mol. The second-order valence-electron chi connectivity index (χ2n) is 9.72. The third kappa shape index (κ3) is 15.1. The molecule has 1 amide bonds. The van der Waals surface area contributed by atoms with Gasteiger partial charge in [0, 0.05) is 11.9 Å². The van der Waals surface area contributed by atoms with Gasteiger partial charge < -0.3 is 10.1 Å². The maximum Gasteiger partial charge on any atom is 0.223 e. The van der Waals surface area contributed by atoms with Crippen LogP contribution in [0.4, 0.5) is 0 Å². The molecule has 184 valence electrons. The van der Waals surface area contributed by atoms with E-state index in [1.165, 1.54) is 48.7 Å². The molecule has 1 aliphatic rings. The Morgan fingerprint density at radius 3 is 2.21 bits per heavy atom. The first-order chi connectivity index (χ1) is 15.7. The number of aryl methyl sites for hydroxylation is 1. The summed E-state index contributed by atoms with van der Waals surface area (Å²) in [6.45, 7) is 12.3. The van der Waals surface area contributed by atoms with Gasteiger partial charge in [-0.15, -0.1) is 11.3 Å². The molecule has 3 nitrogen and oxygen atoms in total. The Morgan fingerprint density at radius 2 is 1.70 bits per heavy atom. The summed E-state index contributed by atoms with van der Waals surface area (Å²) in [4.78, 5) is 12.3. The van der Waals surface area contributed by atoms with Crippen LogP contribution in [0, 0.1) is 18.8 Å². The SMILES string of the molecule is CC(C)C.CC(CB1CCCC1)Cc1ccc(Cl)s1.CNC(=O)CCOc1ccc(C)cc1. The molecule has 3 rings (SSSR count). The molecule has 6 heteroatoms. The van der Waals surface area contributed by atoms with E-state index in [9.17, 15) is 4.79 Å². The van der Waals surface area contributed by atoms with Gasteiger partial charge in [-0.1, -0.05) is 88.8 Å². The molecule has 0 bridgehead atoms. The van der Waals surface area contributed by atoms with Crippen molar-refractivity contribution in [3.05, 3.63) is 51.2 Å². The number of nitrogens with one attached hydrogen (secondary N) is 1. The zero-order valence-corrected chi connectivity index (χ0v) is 23.0. The van der Waals surface area contributed by atoms with Crippen LogP contribution < -0.4 is 10.1 Å². The molecule has 0 saturated carbocycles. The molecule has 1 unspecified atom stereocenters. The highest BCUT2D eigenvalue weighted by molar-refractivity contribution is 7.16. The number of hydrogen-bond acceptors (Lipinski definition) is 3. The first-order valence-electron chi connectivity index (χ1n) is 12.3. The van der Waals surface area contributed by atoms with Crippen molar-refractivity contribution in [1.82, 2.24) is 5.32 Å². The predicted octanol–water partition coefficient (Wildman–Crippen LogP) is 8.04. The van der Waals surface area contributed by atoms with Gasteiger partial charge in [-0.05, 0) is 49.4 Å². The van der Waals surface area contributed by atoms with Crippen LogP contribution in [0.5, 0.6) is 5.75 Å². The van der Waals surface area contributed by atoms with E-state index in [0.717, 1.165) is 28.6 Å². The van der Waals surface area contributed by atoms with E-state index in [-0.39, 0.29) is 5.91 Å². The van der Waals surface area contributed by atoms with Crippen molar-refractivity contribution in [2.75, 3.05) is 13.7 Å². The van der Waals surface area contributed by atoms with Crippen molar-refractivity contribution < 1.29 is 9.53 Å². The standard InChI is InChI=1S/C12H18BClS.C11H15NO2.C4H10/c1-10(9-13-6-2-3-7-13)8-11-4-5-12(14)15-11;1-9-3-5-10(6-4-9)14-8-7-11(13)12-2;1-4(2)3/h4-5,10H,2-3,6-9H2,1H3;3-6H,7-8H2,1-2H3,(H,12,13);4H,1-3H3. The molecular formula is C27H43BClNO2S. The molecule has 0 spiro atoms. The minimum absolute atomic E-state index is 0.00267. The molecule has 0 aliphatic carbocycles. The van der Waals surface area contributed by atoms with E-state index in [1.807, 2.05) is 37.3 Å². The predicted molar refractivity (Wildman–Crippen MR) is 147 cm³/mol. The topological polar surface area (TPSA) is 38.3 Å². The molecule has 2 heterocycles. The number of amides is 1. The van der Waals surface area contributed by atoms with Gasteiger partial charge in [0.15, 0.2) is 0 Å². The Bertz CT molecular complexity index is 770. The van der Waals surface area contributed by atoms with Crippen molar-refractivity contribution in [3.8, 4) is 5.75 Å². The molecule has 1 N–H and O–H groups in total. The number of carbonyl (C=O) groups is 1. The molecule has 1 saturated heterocycles. The average Bonchev–Trinajstić information content (AvgIpc) is 3.41. The van der Waals surface area contributed by atoms with Gasteiger partial charge in [-0.2, -0.15) is 0 Å². The fourth-order valence-corrected chi connectivity index (χ4v) is 4.98. The lowest BCUT2D eigenvalue weighted by Crippen LogP contribution is -2.20. The number of ether oxygens (including phenoxy) is 1. The Morgan fingerprint density at radius 1 is 1.09 bits per heavy atom. The van der Waals surface area contributed by atoms with Crippen molar-refractivity contribution in [2.45, 2.75) is 79.3 Å². The van der Waals surface area contributed by atoms with Crippen LogP contribution in [0.15, 0.2) is 36.4 Å². The largest absolute Gasteiger partial charge is 0.493 e. The minimum Gasteiger partial charge on any atom is -0.493 e. The fourth-order valence-electron chi connectivity index (χ4n) is 3.72. The van der Waals surface area contributed by atoms with Crippen LogP contribution in [-0.4, -0.2) is 26.3 Å². The molecular weight excluding hydrogens is 449 g/mol. The Kier molecular flexibility index (Phi) is 15.3. The van der Waals surface area contributed by atoms with Gasteiger partial charge in [-0.25, -0.2) is 0 Å². The maximum atomic E-state index is 10.9. The summed E-state index contributed by atoms with van der Waals surface area (Å²) in [6, 6.07) is 12.0. The lowest BCUT2D eigenvalue weighted by Gasteiger charge is -2.12. The van der Waals surface area contributed by atoms with Crippen LogP contribution in [0.1, 0.15) is 57.4 Å². The van der Waals surface area contributed by atoms with Crippen LogP contribution in [0.3, 0.4) is 0 Å². The number of rotatable bonds is 8. The Balaban J connectivity index is 0.000000285. The van der Waals surface area contributed by atoms with Gasteiger partial charge in [0.25, 0.3) is 0 Å². The van der Waals surface area contributed by atoms with E-state index in [4.69, 9.17) is 16.3 Å². The van der Waals surface area contributed by atoms with Gasteiger partial charge >= 0.3 is 0 Å². The van der Waals surface area contributed by atoms with Crippen LogP contribution >= 0.6 is 22.9 Å². The van der Waals surface area contributed by atoms with Crippen molar-refractivity contribution in [1.29, 1.82) is 0 Å². The summed E-state index contributed by atoms with van der Waals surface area (Å²) in [5.74, 6) is 2.46. The maximum absolute atomic E-state index is 10.9. The third-order valence-corrected chi connectivity index (χ3v) is 6.54. The molecule has 1 aliphatic heterocycles. The molecule has 1 atom stereocenters. The van der Waals surface area contributed by atoms with Crippen LogP contribution in [0.25, 0.3) is 0 Å². The molecule has 1 aromatic heterocycles. The Hall–Kier alpha value is -1.46. The monoisotopic (exact) mass is 491 g/mol. The number of halogens is 1. The first-order valence-corrected chi connectivity index (χ1v) is 13.5. The van der Waals surface area contributed by atoms with E-state index >= 15 is 0 Å². The molecule has 1 fully saturated rings. The van der Waals surface area contributed by atoms with Gasteiger partial charge in [0.1, 0.15) is 12.5 Å². The quantitative estimate of drug-likeness (QED) is 0.379. The van der Waals surface area contributed by atoms with Gasteiger partial charge in [-0.3, -0.25) is 4.79 Å². The summed E-state index contributed by atoms with van der Waals surface area (Å²) in [6.07, 6.45) is 8.88. The van der Waals surface area contributed by atoms with Crippen LogP contribution in [0.2, 0.25) is 23.3 Å². The lowest BCUT2D eigenvalue weighted by atomic mass is 9.44. The fraction of sp³-hybridized carbons (Fsp3) is 0.593. The third-order valence-electron chi connectivity index (χ3n) is 5.29. The molecule has 1 aromatic carbocycles. The highest BCUT2D eigenvalue weighted by Gasteiger charge is 2.21. The van der Waals surface area contributed by atoms with Crippen molar-refractivity contribution in [2.24, 2.45) is 11.8 Å². The van der Waals surface area contributed by atoms with E-state index in [1.54, 1.807) is 18.4 Å². The number of benzene rings is 1. The summed E-state index contributed by atoms with van der Waals surface area (Å²) in [5.41, 5.74) is 1.20. The number of hydrogen-bond donors (Lipinski definition) is 1. The van der Waals surface area contributed by atoms with Gasteiger partial charge in [0.05, 0.1) is 17.4 Å². The summed E-state index contributed by atoms with van der Waals surface area (Å²) in [5, 5.41) is 2.54. The highest BCUT2D eigenvalue weighted by Crippen LogP contribution is 2.29. The Labute approximate surface area is 211 Å². The zero-order valence-electron chi connectivity index (χ0n) is 21.5. The van der Waals surface area contributed by atoms with Crippen molar-refractivity contribution in [3.63, 3.8) is 0 Å². The summed E-state index contributed by atoms with van der Waals surface area (Å²) >= 11 is 7.67. The second kappa shape index (κ2) is 17.0. The summed E-state index contributed by atoms with van der Waals surface area (Å²) < 4.78 is 6.30. The second-order valence-corrected chi connectivity index (χ2v) is 11.5. The van der Waals surface area contributed by atoms with Crippen LogP contribution in [-0.2, 0) is 11.2 Å². The molecule has 2 aromatic rings. The van der Waals surface area contributed by atoms with Gasteiger partial charge in [0.2, 0.25) is 5.91 Å². The van der Waals surface area contributed by atoms with Crippen molar-refractivity contribution >= 4 is 35.6 Å². The minimum atomic E-state index is -0.00267. The van der Waals surface area contributed by atoms with E-state index in [2.05, 4.69) is 39.1 Å². The highest BCUT2D eigenvalue weighted by atomic mass is 35.5. The normalized spacial score (nSPS) is 13.5. The smallest absolute Gasteiger partial charge is 0.223 e. The molecule has 0 radical (unpaired) electrons.